The number of hydrogen-bond acceptors (Lipinski definition) is 4. The van der Waals surface area contributed by atoms with Crippen LogP contribution in [0.5, 0.6) is 0 Å². The lowest BCUT2D eigenvalue weighted by atomic mass is 10.2. The molecule has 0 amide bonds. The van der Waals surface area contributed by atoms with Crippen LogP contribution >= 0.6 is 15.9 Å². The Morgan fingerprint density at radius 3 is 2.71 bits per heavy atom. The summed E-state index contributed by atoms with van der Waals surface area (Å²) < 4.78 is 0.996. The topological polar surface area (TPSA) is 63.0 Å². The maximum Gasteiger partial charge on any atom is 0.142 e. The van der Waals surface area contributed by atoms with Gasteiger partial charge in [0.25, 0.3) is 0 Å². The summed E-state index contributed by atoms with van der Waals surface area (Å²) in [5.41, 5.74) is 4.68. The van der Waals surface area contributed by atoms with Crippen LogP contribution in [-0.2, 0) is 0 Å². The van der Waals surface area contributed by atoms with E-state index in [-0.39, 0.29) is 0 Å². The van der Waals surface area contributed by atoms with Gasteiger partial charge in [0, 0.05) is 4.47 Å². The summed E-state index contributed by atoms with van der Waals surface area (Å²) in [6.45, 7) is 2.04. The van der Waals surface area contributed by atoms with Gasteiger partial charge in [0.1, 0.15) is 11.6 Å². The number of anilines is 3. The number of nitrogens with two attached hydrogens (primary N) is 1. The van der Waals surface area contributed by atoms with Gasteiger partial charge in [0.15, 0.2) is 0 Å². The lowest BCUT2D eigenvalue weighted by molar-refractivity contribution is 1.22. The van der Waals surface area contributed by atoms with Gasteiger partial charge in [-0.05, 0) is 52.7 Å². The standard InChI is InChI=1S/C12H13BrN4/c1-8-5-6-9(13)10(7-8)15-11-3-2-4-12(16-11)17-14/h2-7H,14H2,1H3,(H2,15,16,17). The number of hydrogen-bond donors (Lipinski definition) is 3. The van der Waals surface area contributed by atoms with E-state index in [4.69, 9.17) is 5.84 Å². The molecule has 0 aliphatic carbocycles. The van der Waals surface area contributed by atoms with Crippen molar-refractivity contribution in [2.45, 2.75) is 6.92 Å². The molecule has 0 bridgehead atoms. The largest absolute Gasteiger partial charge is 0.339 e. The molecule has 0 spiro atoms. The van der Waals surface area contributed by atoms with E-state index in [9.17, 15) is 0 Å². The van der Waals surface area contributed by atoms with Gasteiger partial charge in [-0.1, -0.05) is 12.1 Å². The minimum Gasteiger partial charge on any atom is -0.339 e. The first-order valence-electron chi connectivity index (χ1n) is 5.16. The predicted octanol–water partition coefficient (Wildman–Crippen LogP) is 3.18. The SMILES string of the molecule is Cc1ccc(Br)c(Nc2cccc(NN)n2)c1. The smallest absolute Gasteiger partial charge is 0.142 e. The first kappa shape index (κ1) is 11.9. The fourth-order valence-corrected chi connectivity index (χ4v) is 1.80. The molecule has 0 saturated heterocycles. The third-order valence-corrected chi connectivity index (χ3v) is 2.97. The van der Waals surface area contributed by atoms with E-state index >= 15 is 0 Å². The number of nitrogens with zero attached hydrogens (tertiary/aromatic N) is 1. The highest BCUT2D eigenvalue weighted by Crippen LogP contribution is 2.26. The third kappa shape index (κ3) is 2.95. The molecule has 2 aromatic rings. The molecular weight excluding hydrogens is 280 g/mol. The predicted molar refractivity (Wildman–Crippen MR) is 74.2 cm³/mol. The van der Waals surface area contributed by atoms with Gasteiger partial charge < -0.3 is 10.7 Å². The van der Waals surface area contributed by atoms with Crippen molar-refractivity contribution < 1.29 is 0 Å². The highest BCUT2D eigenvalue weighted by molar-refractivity contribution is 9.10. The molecule has 0 unspecified atom stereocenters. The van der Waals surface area contributed by atoms with Gasteiger partial charge in [0.05, 0.1) is 5.69 Å². The second-order valence-corrected chi connectivity index (χ2v) is 4.52. The number of nitrogens with one attached hydrogen (secondary N) is 2. The van der Waals surface area contributed by atoms with E-state index in [1.54, 1.807) is 6.07 Å². The summed E-state index contributed by atoms with van der Waals surface area (Å²) >= 11 is 3.49. The van der Waals surface area contributed by atoms with Gasteiger partial charge in [0.2, 0.25) is 0 Å². The van der Waals surface area contributed by atoms with E-state index < -0.39 is 0 Å². The van der Waals surface area contributed by atoms with Crippen molar-refractivity contribution in [3.63, 3.8) is 0 Å². The number of nitrogen functional groups attached to an aromatic ring is 1. The zero-order valence-electron chi connectivity index (χ0n) is 9.37. The Hall–Kier alpha value is -1.59. The third-order valence-electron chi connectivity index (χ3n) is 2.28. The Bertz CT molecular complexity index is 528. The van der Waals surface area contributed by atoms with Crippen LogP contribution in [0.4, 0.5) is 17.3 Å². The monoisotopic (exact) mass is 292 g/mol. The molecule has 4 nitrogen and oxygen atoms in total. The van der Waals surface area contributed by atoms with Crippen LogP contribution in [0.2, 0.25) is 0 Å². The maximum atomic E-state index is 5.32. The molecule has 1 aromatic heterocycles. The van der Waals surface area contributed by atoms with Crippen LogP contribution in [0.1, 0.15) is 5.56 Å². The number of halogens is 1. The molecule has 0 aliphatic rings. The van der Waals surface area contributed by atoms with Gasteiger partial charge >= 0.3 is 0 Å². The second-order valence-electron chi connectivity index (χ2n) is 3.66. The molecule has 4 N–H and O–H groups in total. The first-order chi connectivity index (χ1) is 8.19. The Balaban J connectivity index is 2.27. The minimum absolute atomic E-state index is 0.624. The molecule has 0 saturated carbocycles. The lowest BCUT2D eigenvalue weighted by Gasteiger charge is -2.09. The lowest BCUT2D eigenvalue weighted by Crippen LogP contribution is -2.09. The van der Waals surface area contributed by atoms with E-state index in [2.05, 4.69) is 31.7 Å². The highest BCUT2D eigenvalue weighted by Gasteiger charge is 2.02. The van der Waals surface area contributed by atoms with Crippen molar-refractivity contribution in [1.29, 1.82) is 0 Å². The van der Waals surface area contributed by atoms with Crippen LogP contribution in [0.3, 0.4) is 0 Å². The van der Waals surface area contributed by atoms with Gasteiger partial charge in [-0.2, -0.15) is 0 Å². The molecule has 2 rings (SSSR count). The number of benzene rings is 1. The minimum atomic E-state index is 0.624. The van der Waals surface area contributed by atoms with Crippen molar-refractivity contribution >= 4 is 33.3 Å². The van der Waals surface area contributed by atoms with Crippen LogP contribution in [0.25, 0.3) is 0 Å². The number of aromatic nitrogens is 1. The van der Waals surface area contributed by atoms with Crippen LogP contribution < -0.4 is 16.6 Å². The van der Waals surface area contributed by atoms with E-state index in [1.165, 1.54) is 5.56 Å². The van der Waals surface area contributed by atoms with Crippen molar-refractivity contribution in [3.05, 3.63) is 46.4 Å². The summed E-state index contributed by atoms with van der Waals surface area (Å²) in [7, 11) is 0. The summed E-state index contributed by atoms with van der Waals surface area (Å²) in [6, 6.07) is 11.7. The highest BCUT2D eigenvalue weighted by atomic mass is 79.9. The molecule has 88 valence electrons. The Labute approximate surface area is 108 Å². The Morgan fingerprint density at radius 1 is 1.18 bits per heavy atom. The van der Waals surface area contributed by atoms with Crippen LogP contribution in [0.15, 0.2) is 40.9 Å². The molecule has 0 radical (unpaired) electrons. The van der Waals surface area contributed by atoms with Crippen molar-refractivity contribution in [2.75, 3.05) is 10.7 Å². The van der Waals surface area contributed by atoms with E-state index in [0.717, 1.165) is 16.0 Å². The Morgan fingerprint density at radius 2 is 1.94 bits per heavy atom. The number of hydrazine groups is 1. The molecular formula is C12H13BrN4. The average molecular weight is 293 g/mol. The normalized spacial score (nSPS) is 10.1. The molecule has 1 heterocycles. The zero-order chi connectivity index (χ0) is 12.3. The number of aryl methyl sites for hydroxylation is 1. The summed E-state index contributed by atoms with van der Waals surface area (Å²) in [5.74, 6) is 6.68. The second kappa shape index (κ2) is 5.16. The maximum absolute atomic E-state index is 5.32. The van der Waals surface area contributed by atoms with Gasteiger partial charge in [-0.25, -0.2) is 10.8 Å². The zero-order valence-corrected chi connectivity index (χ0v) is 11.0. The first-order valence-corrected chi connectivity index (χ1v) is 5.95. The fourth-order valence-electron chi connectivity index (χ4n) is 1.46. The van der Waals surface area contributed by atoms with E-state index in [1.807, 2.05) is 37.3 Å². The quantitative estimate of drug-likeness (QED) is 0.601. The summed E-state index contributed by atoms with van der Waals surface area (Å²) in [4.78, 5) is 4.29. The Kier molecular flexibility index (Phi) is 3.61. The molecule has 17 heavy (non-hydrogen) atoms. The van der Waals surface area contributed by atoms with Crippen LogP contribution in [0, 0.1) is 6.92 Å². The summed E-state index contributed by atoms with van der Waals surface area (Å²) in [6.07, 6.45) is 0. The van der Waals surface area contributed by atoms with E-state index in [0.29, 0.717) is 5.82 Å². The van der Waals surface area contributed by atoms with Crippen molar-refractivity contribution in [1.82, 2.24) is 4.98 Å². The molecule has 5 heteroatoms. The molecule has 1 aromatic carbocycles. The number of pyridine rings is 1. The molecule has 0 atom stereocenters. The number of rotatable bonds is 3. The van der Waals surface area contributed by atoms with Crippen molar-refractivity contribution in [3.8, 4) is 0 Å². The van der Waals surface area contributed by atoms with Crippen molar-refractivity contribution in [2.24, 2.45) is 5.84 Å². The average Bonchev–Trinajstić information content (AvgIpc) is 2.34. The molecule has 0 fully saturated rings. The van der Waals surface area contributed by atoms with Gasteiger partial charge in [-0.15, -0.1) is 0 Å². The fraction of sp³-hybridized carbons (Fsp3) is 0.0833. The molecule has 0 aliphatic heterocycles. The van der Waals surface area contributed by atoms with Gasteiger partial charge in [-0.3, -0.25) is 0 Å². The van der Waals surface area contributed by atoms with Crippen LogP contribution in [-0.4, -0.2) is 4.98 Å². The summed E-state index contributed by atoms with van der Waals surface area (Å²) in [5, 5.41) is 3.23.